The molecule has 0 aliphatic heterocycles. The normalized spacial score (nSPS) is 12.1. The molecule has 1 rings (SSSR count). The number of hydrogen-bond donors (Lipinski definition) is 2. The summed E-state index contributed by atoms with van der Waals surface area (Å²) < 4.78 is 27.0. The Kier molecular flexibility index (Phi) is 4.76. The fourth-order valence-electron chi connectivity index (χ4n) is 1.72. The zero-order valence-electron chi connectivity index (χ0n) is 11.4. The molecule has 0 heterocycles. The predicted molar refractivity (Wildman–Crippen MR) is 75.0 cm³/mol. The molecule has 3 N–H and O–H groups in total. The highest BCUT2D eigenvalue weighted by atomic mass is 32.2. The summed E-state index contributed by atoms with van der Waals surface area (Å²) >= 11 is 0. The van der Waals surface area contributed by atoms with E-state index in [1.807, 2.05) is 13.0 Å². The second-order valence-electron chi connectivity index (χ2n) is 5.02. The Balaban J connectivity index is 3.02. The van der Waals surface area contributed by atoms with Crippen molar-refractivity contribution in [1.29, 1.82) is 0 Å². The second-order valence-corrected chi connectivity index (χ2v) is 6.73. The van der Waals surface area contributed by atoms with Gasteiger partial charge in [0.15, 0.2) is 0 Å². The van der Waals surface area contributed by atoms with E-state index in [0.717, 1.165) is 12.0 Å². The molecule has 18 heavy (non-hydrogen) atoms. The fourth-order valence-corrected chi connectivity index (χ4v) is 3.19. The van der Waals surface area contributed by atoms with Crippen molar-refractivity contribution < 1.29 is 8.42 Å². The Bertz CT molecular complexity index is 522. The summed E-state index contributed by atoms with van der Waals surface area (Å²) in [6.45, 7) is 8.11. The molecule has 0 spiro atoms. The van der Waals surface area contributed by atoms with E-state index in [-0.39, 0.29) is 4.90 Å². The van der Waals surface area contributed by atoms with Crippen LogP contribution in [0.2, 0.25) is 0 Å². The van der Waals surface area contributed by atoms with Crippen molar-refractivity contribution >= 4 is 15.7 Å². The van der Waals surface area contributed by atoms with E-state index in [9.17, 15) is 8.42 Å². The van der Waals surface area contributed by atoms with Gasteiger partial charge in [0.1, 0.15) is 4.90 Å². The molecule has 1 aromatic rings. The van der Waals surface area contributed by atoms with E-state index in [0.29, 0.717) is 23.7 Å². The van der Waals surface area contributed by atoms with E-state index in [4.69, 9.17) is 5.73 Å². The van der Waals surface area contributed by atoms with Crippen molar-refractivity contribution in [2.75, 3.05) is 12.3 Å². The van der Waals surface area contributed by atoms with Gasteiger partial charge in [-0.2, -0.15) is 0 Å². The lowest BCUT2D eigenvalue weighted by Gasteiger charge is -2.14. The monoisotopic (exact) mass is 270 g/mol. The highest BCUT2D eigenvalue weighted by Gasteiger charge is 2.20. The van der Waals surface area contributed by atoms with Crippen molar-refractivity contribution in [1.82, 2.24) is 4.72 Å². The maximum atomic E-state index is 12.2. The summed E-state index contributed by atoms with van der Waals surface area (Å²) in [5.74, 6) is 0.462. The van der Waals surface area contributed by atoms with E-state index in [1.165, 1.54) is 0 Å². The third-order valence-corrected chi connectivity index (χ3v) is 4.56. The standard InChI is InChI=1S/C13H22N2O2S/c1-9(2)7-8-15-18(16,17)13-11(4)6-5-10(3)12(13)14/h5-6,9,15H,7-8,14H2,1-4H3. The number of sulfonamides is 1. The molecule has 1 aromatic carbocycles. The van der Waals surface area contributed by atoms with Gasteiger partial charge in [0.2, 0.25) is 10.0 Å². The van der Waals surface area contributed by atoms with Crippen LogP contribution >= 0.6 is 0 Å². The van der Waals surface area contributed by atoms with Crippen LogP contribution < -0.4 is 10.5 Å². The number of nitrogens with two attached hydrogens (primary N) is 1. The molecule has 102 valence electrons. The molecule has 0 atom stereocenters. The van der Waals surface area contributed by atoms with Crippen LogP contribution in [-0.2, 0) is 10.0 Å². The maximum Gasteiger partial charge on any atom is 0.242 e. The Morgan fingerprint density at radius 2 is 1.78 bits per heavy atom. The summed E-state index contributed by atoms with van der Waals surface area (Å²) in [6.07, 6.45) is 0.810. The first-order valence-corrected chi connectivity index (χ1v) is 7.59. The average Bonchev–Trinajstić information content (AvgIpc) is 2.23. The summed E-state index contributed by atoms with van der Waals surface area (Å²) in [5.41, 5.74) is 7.68. The first-order valence-electron chi connectivity index (χ1n) is 6.11. The highest BCUT2D eigenvalue weighted by Crippen LogP contribution is 2.25. The quantitative estimate of drug-likeness (QED) is 0.806. The van der Waals surface area contributed by atoms with Gasteiger partial charge >= 0.3 is 0 Å². The molecule has 0 aromatic heterocycles. The maximum absolute atomic E-state index is 12.2. The van der Waals surface area contributed by atoms with E-state index in [2.05, 4.69) is 18.6 Å². The van der Waals surface area contributed by atoms with Crippen molar-refractivity contribution in [2.24, 2.45) is 5.92 Å². The molecule has 0 saturated carbocycles. The topological polar surface area (TPSA) is 72.2 Å². The Morgan fingerprint density at radius 1 is 1.22 bits per heavy atom. The predicted octanol–water partition coefficient (Wildman–Crippen LogP) is 2.21. The molecular formula is C13H22N2O2S. The van der Waals surface area contributed by atoms with Crippen molar-refractivity contribution in [3.05, 3.63) is 23.3 Å². The Labute approximate surface area is 110 Å². The Morgan fingerprint density at radius 3 is 2.33 bits per heavy atom. The van der Waals surface area contributed by atoms with Crippen LogP contribution in [0.5, 0.6) is 0 Å². The van der Waals surface area contributed by atoms with Gasteiger partial charge in [0, 0.05) is 6.54 Å². The number of benzene rings is 1. The molecule has 0 aliphatic rings. The Hall–Kier alpha value is -1.07. The van der Waals surface area contributed by atoms with Crippen LogP contribution in [-0.4, -0.2) is 15.0 Å². The van der Waals surface area contributed by atoms with Gasteiger partial charge in [-0.25, -0.2) is 13.1 Å². The number of anilines is 1. The molecule has 5 heteroatoms. The lowest BCUT2D eigenvalue weighted by atomic mass is 10.1. The molecule has 0 unspecified atom stereocenters. The molecule has 0 saturated heterocycles. The molecule has 0 radical (unpaired) electrons. The van der Waals surface area contributed by atoms with Gasteiger partial charge in [-0.3, -0.25) is 0 Å². The second kappa shape index (κ2) is 5.71. The first-order chi connectivity index (χ1) is 8.25. The van der Waals surface area contributed by atoms with Gasteiger partial charge in [-0.05, 0) is 37.3 Å². The number of nitrogen functional groups attached to an aromatic ring is 1. The summed E-state index contributed by atoms with van der Waals surface area (Å²) in [5, 5.41) is 0. The molecule has 0 aliphatic carbocycles. The zero-order chi connectivity index (χ0) is 13.9. The molecule has 0 fully saturated rings. The minimum Gasteiger partial charge on any atom is -0.397 e. The van der Waals surface area contributed by atoms with Crippen molar-refractivity contribution in [3.8, 4) is 0 Å². The van der Waals surface area contributed by atoms with E-state index in [1.54, 1.807) is 13.0 Å². The lowest BCUT2D eigenvalue weighted by Crippen LogP contribution is -2.27. The third-order valence-electron chi connectivity index (χ3n) is 2.89. The molecule has 0 amide bonds. The van der Waals surface area contributed by atoms with Crippen molar-refractivity contribution in [2.45, 2.75) is 39.0 Å². The average molecular weight is 270 g/mol. The lowest BCUT2D eigenvalue weighted by molar-refractivity contribution is 0.551. The number of aryl methyl sites for hydroxylation is 2. The van der Waals surface area contributed by atoms with Crippen LogP contribution in [0.1, 0.15) is 31.4 Å². The van der Waals surface area contributed by atoms with Crippen LogP contribution in [0, 0.1) is 19.8 Å². The van der Waals surface area contributed by atoms with Gasteiger partial charge in [0.05, 0.1) is 5.69 Å². The van der Waals surface area contributed by atoms with Crippen LogP contribution in [0.3, 0.4) is 0 Å². The van der Waals surface area contributed by atoms with Gasteiger partial charge < -0.3 is 5.73 Å². The van der Waals surface area contributed by atoms with Crippen LogP contribution in [0.25, 0.3) is 0 Å². The summed E-state index contributed by atoms with van der Waals surface area (Å²) in [6, 6.07) is 3.61. The number of nitrogens with one attached hydrogen (secondary N) is 1. The van der Waals surface area contributed by atoms with E-state index >= 15 is 0 Å². The molecular weight excluding hydrogens is 248 g/mol. The minimum absolute atomic E-state index is 0.214. The fraction of sp³-hybridized carbons (Fsp3) is 0.538. The minimum atomic E-state index is -3.51. The largest absolute Gasteiger partial charge is 0.397 e. The summed E-state index contributed by atoms with van der Waals surface area (Å²) in [7, 11) is -3.51. The van der Waals surface area contributed by atoms with Crippen molar-refractivity contribution in [3.63, 3.8) is 0 Å². The van der Waals surface area contributed by atoms with Gasteiger partial charge in [-0.15, -0.1) is 0 Å². The third kappa shape index (κ3) is 3.46. The van der Waals surface area contributed by atoms with Gasteiger partial charge in [0.25, 0.3) is 0 Å². The van der Waals surface area contributed by atoms with E-state index < -0.39 is 10.0 Å². The SMILES string of the molecule is Cc1ccc(C)c(S(=O)(=O)NCCC(C)C)c1N. The smallest absolute Gasteiger partial charge is 0.242 e. The number of rotatable bonds is 5. The van der Waals surface area contributed by atoms with Crippen LogP contribution in [0.4, 0.5) is 5.69 Å². The van der Waals surface area contributed by atoms with Crippen LogP contribution in [0.15, 0.2) is 17.0 Å². The molecule has 0 bridgehead atoms. The first kappa shape index (κ1) is 15.0. The number of hydrogen-bond acceptors (Lipinski definition) is 3. The summed E-state index contributed by atoms with van der Waals surface area (Å²) in [4.78, 5) is 0.214. The zero-order valence-corrected chi connectivity index (χ0v) is 12.3. The van der Waals surface area contributed by atoms with Gasteiger partial charge in [-0.1, -0.05) is 26.0 Å². The molecule has 4 nitrogen and oxygen atoms in total. The highest BCUT2D eigenvalue weighted by molar-refractivity contribution is 7.89.